The highest BCUT2D eigenvalue weighted by Crippen LogP contribution is 2.88. The van der Waals surface area contributed by atoms with E-state index < -0.39 is 0 Å². The highest BCUT2D eigenvalue weighted by molar-refractivity contribution is 5.30. The molecule has 14 heavy (non-hydrogen) atoms. The molecule has 5 saturated carbocycles. The number of hydrogen-bond acceptors (Lipinski definition) is 0. The van der Waals surface area contributed by atoms with Gasteiger partial charge in [0.05, 0.1) is 0 Å². The summed E-state index contributed by atoms with van der Waals surface area (Å²) in [6, 6.07) is 0. The molecule has 5 aliphatic carbocycles. The van der Waals surface area contributed by atoms with Gasteiger partial charge in [-0.3, -0.25) is 0 Å². The van der Waals surface area contributed by atoms with E-state index >= 15 is 0 Å². The zero-order valence-electron chi connectivity index (χ0n) is 9.83. The molecule has 9 unspecified atom stereocenters. The van der Waals surface area contributed by atoms with Crippen LogP contribution in [0, 0.1) is 52.8 Å². The Morgan fingerprint density at radius 2 is 1.57 bits per heavy atom. The predicted molar refractivity (Wildman–Crippen MR) is 57.7 cm³/mol. The lowest BCUT2D eigenvalue weighted by Gasteiger charge is -2.79. The second-order valence-electron chi connectivity index (χ2n) is 6.98. The van der Waals surface area contributed by atoms with Crippen molar-refractivity contribution in [2.75, 3.05) is 0 Å². The number of hydrogen-bond donors (Lipinski definition) is 0. The van der Waals surface area contributed by atoms with Gasteiger partial charge in [-0.1, -0.05) is 27.7 Å². The smallest absolute Gasteiger partial charge is 0.0199 e. The lowest BCUT2D eigenvalue weighted by Crippen LogP contribution is -2.74. The standard InChI is InChI=1S/C14H22/c1-6-7(2)12-11(6)13-10-5-14(12,13)9(4)8(10)3/h6-13H,5H2,1-4H3. The first-order valence-corrected chi connectivity index (χ1v) is 6.60. The molecule has 5 fully saturated rings. The molecule has 1 spiro atoms. The summed E-state index contributed by atoms with van der Waals surface area (Å²) in [5, 5.41) is 0. The molecule has 0 nitrogen and oxygen atoms in total. The minimum atomic E-state index is 0.876. The van der Waals surface area contributed by atoms with Crippen molar-refractivity contribution in [3.63, 3.8) is 0 Å². The van der Waals surface area contributed by atoms with E-state index in [0.717, 1.165) is 46.8 Å². The Labute approximate surface area is 87.5 Å². The van der Waals surface area contributed by atoms with Gasteiger partial charge < -0.3 is 0 Å². The fourth-order valence-corrected chi connectivity index (χ4v) is 6.57. The number of fused-ring (bicyclic) bond motifs is 2. The predicted octanol–water partition coefficient (Wildman–Crippen LogP) is 3.43. The van der Waals surface area contributed by atoms with Gasteiger partial charge in [0.1, 0.15) is 0 Å². The first-order chi connectivity index (χ1) is 6.60. The summed E-state index contributed by atoms with van der Waals surface area (Å²) in [5.41, 5.74) is 0.876. The maximum absolute atomic E-state index is 2.55. The topological polar surface area (TPSA) is 0 Å². The van der Waals surface area contributed by atoms with E-state index in [1.807, 2.05) is 0 Å². The largest absolute Gasteiger partial charge is 0.0620 e. The van der Waals surface area contributed by atoms with Gasteiger partial charge in [0.25, 0.3) is 0 Å². The van der Waals surface area contributed by atoms with E-state index in [4.69, 9.17) is 0 Å². The van der Waals surface area contributed by atoms with E-state index in [1.54, 1.807) is 6.42 Å². The highest BCUT2D eigenvalue weighted by Gasteiger charge is 2.83. The molecule has 0 aromatic rings. The van der Waals surface area contributed by atoms with E-state index in [0.29, 0.717) is 0 Å². The Bertz CT molecular complexity index is 299. The molecule has 0 N–H and O–H groups in total. The molecule has 0 heteroatoms. The van der Waals surface area contributed by atoms with Crippen molar-refractivity contribution >= 4 is 0 Å². The summed E-state index contributed by atoms with van der Waals surface area (Å²) in [4.78, 5) is 0. The monoisotopic (exact) mass is 190 g/mol. The normalized spacial score (nSPS) is 78.0. The third-order valence-corrected chi connectivity index (χ3v) is 7.44. The molecule has 0 aromatic carbocycles. The third-order valence-electron chi connectivity index (χ3n) is 7.44. The molecule has 0 amide bonds. The Hall–Kier alpha value is 0. The van der Waals surface area contributed by atoms with Gasteiger partial charge in [0.15, 0.2) is 0 Å². The maximum Gasteiger partial charge on any atom is -0.0199 e. The van der Waals surface area contributed by atoms with Crippen molar-refractivity contribution in [2.45, 2.75) is 34.1 Å². The molecule has 78 valence electrons. The second-order valence-corrected chi connectivity index (χ2v) is 6.98. The molecule has 0 radical (unpaired) electrons. The van der Waals surface area contributed by atoms with Crippen LogP contribution >= 0.6 is 0 Å². The van der Waals surface area contributed by atoms with Crippen LogP contribution in [0.2, 0.25) is 0 Å². The first-order valence-electron chi connectivity index (χ1n) is 6.60. The fraction of sp³-hybridized carbons (Fsp3) is 1.00. The molecule has 5 aliphatic rings. The fourth-order valence-electron chi connectivity index (χ4n) is 6.57. The van der Waals surface area contributed by atoms with Crippen LogP contribution in [-0.2, 0) is 0 Å². The van der Waals surface area contributed by atoms with Gasteiger partial charge in [-0.25, -0.2) is 0 Å². The Morgan fingerprint density at radius 1 is 0.857 bits per heavy atom. The molecule has 9 atom stereocenters. The molecular weight excluding hydrogens is 168 g/mol. The summed E-state index contributed by atoms with van der Waals surface area (Å²) >= 11 is 0. The third kappa shape index (κ3) is 0.480. The maximum atomic E-state index is 2.55. The van der Waals surface area contributed by atoms with Gasteiger partial charge in [-0.15, -0.1) is 0 Å². The van der Waals surface area contributed by atoms with Crippen molar-refractivity contribution in [2.24, 2.45) is 52.8 Å². The van der Waals surface area contributed by atoms with Crippen LogP contribution in [0.4, 0.5) is 0 Å². The summed E-state index contributed by atoms with van der Waals surface area (Å²) in [6.45, 7) is 10.1. The second kappa shape index (κ2) is 1.95. The minimum absolute atomic E-state index is 0.876. The highest BCUT2D eigenvalue weighted by atomic mass is 14.9. The summed E-state index contributed by atoms with van der Waals surface area (Å²) < 4.78 is 0. The average Bonchev–Trinajstić information content (AvgIpc) is 2.48. The lowest BCUT2D eigenvalue weighted by molar-refractivity contribution is -0.317. The Balaban J connectivity index is 1.75. The van der Waals surface area contributed by atoms with Gasteiger partial charge in [-0.05, 0) is 59.2 Å². The van der Waals surface area contributed by atoms with Crippen LogP contribution in [0.25, 0.3) is 0 Å². The summed E-state index contributed by atoms with van der Waals surface area (Å²) in [7, 11) is 0. The molecule has 0 aromatic heterocycles. The minimum Gasteiger partial charge on any atom is -0.0620 e. The van der Waals surface area contributed by atoms with Gasteiger partial charge in [0, 0.05) is 0 Å². The molecule has 0 saturated heterocycles. The molecular formula is C14H22. The van der Waals surface area contributed by atoms with Crippen LogP contribution in [0.3, 0.4) is 0 Å². The number of rotatable bonds is 0. The van der Waals surface area contributed by atoms with Crippen LogP contribution < -0.4 is 0 Å². The quantitative estimate of drug-likeness (QED) is 0.549. The van der Waals surface area contributed by atoms with Crippen molar-refractivity contribution < 1.29 is 0 Å². The Morgan fingerprint density at radius 3 is 2.21 bits per heavy atom. The van der Waals surface area contributed by atoms with Gasteiger partial charge in [0.2, 0.25) is 0 Å². The van der Waals surface area contributed by atoms with Crippen molar-refractivity contribution in [3.8, 4) is 0 Å². The lowest BCUT2D eigenvalue weighted by atomic mass is 9.26. The molecule has 5 rings (SSSR count). The van der Waals surface area contributed by atoms with E-state index in [2.05, 4.69) is 27.7 Å². The molecule has 2 bridgehead atoms. The van der Waals surface area contributed by atoms with Crippen LogP contribution in [0.1, 0.15) is 34.1 Å². The zero-order valence-corrected chi connectivity index (χ0v) is 9.83. The van der Waals surface area contributed by atoms with Crippen molar-refractivity contribution in [3.05, 3.63) is 0 Å². The van der Waals surface area contributed by atoms with Crippen molar-refractivity contribution in [1.29, 1.82) is 0 Å². The van der Waals surface area contributed by atoms with E-state index in [1.165, 1.54) is 5.92 Å². The van der Waals surface area contributed by atoms with E-state index in [9.17, 15) is 0 Å². The average molecular weight is 190 g/mol. The summed E-state index contributed by atoms with van der Waals surface area (Å²) in [5.74, 6) is 8.84. The van der Waals surface area contributed by atoms with Crippen LogP contribution in [-0.4, -0.2) is 0 Å². The van der Waals surface area contributed by atoms with Crippen LogP contribution in [0.15, 0.2) is 0 Å². The molecule has 0 aliphatic heterocycles. The van der Waals surface area contributed by atoms with Gasteiger partial charge in [-0.2, -0.15) is 0 Å². The molecule has 0 heterocycles. The Kier molecular flexibility index (Phi) is 1.14. The van der Waals surface area contributed by atoms with Crippen molar-refractivity contribution in [1.82, 2.24) is 0 Å². The SMILES string of the molecule is CC1C(C)C2C1C1C3CC21C(C)C3C. The van der Waals surface area contributed by atoms with E-state index in [-0.39, 0.29) is 0 Å². The summed E-state index contributed by atoms with van der Waals surface area (Å²) in [6.07, 6.45) is 1.61. The zero-order chi connectivity index (χ0) is 9.83. The first kappa shape index (κ1) is 8.19. The van der Waals surface area contributed by atoms with Crippen LogP contribution in [0.5, 0.6) is 0 Å². The van der Waals surface area contributed by atoms with Gasteiger partial charge >= 0.3 is 0 Å².